The van der Waals surface area contributed by atoms with Crippen LogP contribution in [0.2, 0.25) is 0 Å². The number of rotatable bonds is 45. The van der Waals surface area contributed by atoms with E-state index in [-0.39, 0.29) is 18.5 Å². The number of hydrogen-bond donors (Lipinski definition) is 3. The molecule has 0 spiro atoms. The summed E-state index contributed by atoms with van der Waals surface area (Å²) in [5.74, 6) is -0.0979. The van der Waals surface area contributed by atoms with Gasteiger partial charge in [0.1, 0.15) is 0 Å². The third-order valence-electron chi connectivity index (χ3n) is 11.1. The van der Waals surface area contributed by atoms with Crippen LogP contribution in [0.15, 0.2) is 48.6 Å². The largest absolute Gasteiger partial charge is 0.466 e. The van der Waals surface area contributed by atoms with Crippen molar-refractivity contribution in [3.63, 3.8) is 0 Å². The number of nitrogens with one attached hydrogen (secondary N) is 1. The molecule has 1 amide bonds. The van der Waals surface area contributed by atoms with Gasteiger partial charge < -0.3 is 20.3 Å². The van der Waals surface area contributed by atoms with Crippen LogP contribution in [-0.4, -0.2) is 47.4 Å². The van der Waals surface area contributed by atoms with Gasteiger partial charge in [-0.3, -0.25) is 9.59 Å². The number of allylic oxidation sites excluding steroid dienone is 8. The Morgan fingerprint density at radius 1 is 0.500 bits per heavy atom. The van der Waals surface area contributed by atoms with Crippen molar-refractivity contribution in [2.45, 2.75) is 257 Å². The molecule has 6 heteroatoms. The fourth-order valence-corrected chi connectivity index (χ4v) is 7.25. The van der Waals surface area contributed by atoms with Gasteiger partial charge in [-0.25, -0.2) is 0 Å². The maximum atomic E-state index is 12.4. The maximum Gasteiger partial charge on any atom is 0.305 e. The van der Waals surface area contributed by atoms with E-state index in [1.54, 1.807) is 0 Å². The van der Waals surface area contributed by atoms with Gasteiger partial charge >= 0.3 is 5.97 Å². The molecule has 0 rings (SSSR count). The highest BCUT2D eigenvalue weighted by Gasteiger charge is 2.20. The van der Waals surface area contributed by atoms with Gasteiger partial charge in [0, 0.05) is 12.8 Å². The number of amides is 1. The van der Waals surface area contributed by atoms with E-state index in [1.807, 2.05) is 0 Å². The van der Waals surface area contributed by atoms with E-state index in [2.05, 4.69) is 67.8 Å². The minimum Gasteiger partial charge on any atom is -0.466 e. The molecule has 2 atom stereocenters. The Kier molecular flexibility index (Phi) is 45.7. The normalized spacial score (nSPS) is 13.1. The lowest BCUT2D eigenvalue weighted by Gasteiger charge is -2.22. The van der Waals surface area contributed by atoms with Gasteiger partial charge in [-0.15, -0.1) is 0 Å². The molecule has 0 bridgehead atoms. The third kappa shape index (κ3) is 43.4. The molecule has 0 aliphatic rings. The predicted molar refractivity (Wildman–Crippen MR) is 250 cm³/mol. The summed E-state index contributed by atoms with van der Waals surface area (Å²) in [5.41, 5.74) is 0. The first kappa shape index (κ1) is 55.8. The molecule has 2 unspecified atom stereocenters. The van der Waals surface area contributed by atoms with Gasteiger partial charge in [-0.2, -0.15) is 0 Å². The first-order valence-corrected chi connectivity index (χ1v) is 24.9. The average molecular weight is 814 g/mol. The summed E-state index contributed by atoms with van der Waals surface area (Å²) in [6.45, 7) is 4.84. The molecule has 0 aromatic rings. The lowest BCUT2D eigenvalue weighted by molar-refractivity contribution is -0.143. The topological polar surface area (TPSA) is 95.9 Å². The molecule has 58 heavy (non-hydrogen) atoms. The quantitative estimate of drug-likeness (QED) is 0.0246. The zero-order valence-electron chi connectivity index (χ0n) is 38.3. The molecule has 0 aliphatic carbocycles. The number of ether oxygens (including phenoxy) is 1. The van der Waals surface area contributed by atoms with Crippen molar-refractivity contribution in [2.75, 3.05) is 13.2 Å². The molecule has 6 nitrogen and oxygen atoms in total. The van der Waals surface area contributed by atoms with Gasteiger partial charge in [0.15, 0.2) is 0 Å². The Bertz CT molecular complexity index is 988. The van der Waals surface area contributed by atoms with E-state index in [0.29, 0.717) is 25.9 Å². The highest BCUT2D eigenvalue weighted by atomic mass is 16.5. The summed E-state index contributed by atoms with van der Waals surface area (Å²) in [7, 11) is 0. The molecule has 338 valence electrons. The molecule has 0 heterocycles. The standard InChI is InChI=1S/C52H95NO5/c1-3-5-7-9-11-13-15-16-17-20-23-26-30-34-38-42-46-52(57)58-47-43-39-35-31-27-24-21-18-19-22-25-29-33-37-41-45-51(56)53-49(48-54)50(55)44-40-36-32-28-14-12-10-8-6-4-2/h13,15,17-18,20-21,24,27,49-50,54-55H,3-12,14,16,19,22-23,25-26,28-48H2,1-2H3,(H,53,56)/b15-13-,20-17-,21-18-,27-24-. The summed E-state index contributed by atoms with van der Waals surface area (Å²) in [4.78, 5) is 24.4. The first-order chi connectivity index (χ1) is 28.5. The zero-order chi connectivity index (χ0) is 42.3. The van der Waals surface area contributed by atoms with Crippen molar-refractivity contribution >= 4 is 11.9 Å². The van der Waals surface area contributed by atoms with Crippen molar-refractivity contribution in [3.8, 4) is 0 Å². The second-order valence-electron chi connectivity index (χ2n) is 16.8. The lowest BCUT2D eigenvalue weighted by Crippen LogP contribution is -2.45. The van der Waals surface area contributed by atoms with E-state index < -0.39 is 12.1 Å². The van der Waals surface area contributed by atoms with Crippen LogP contribution in [0.4, 0.5) is 0 Å². The second kappa shape index (κ2) is 47.5. The summed E-state index contributed by atoms with van der Waals surface area (Å²) in [6.07, 6.45) is 57.9. The fourth-order valence-electron chi connectivity index (χ4n) is 7.25. The van der Waals surface area contributed by atoms with Gasteiger partial charge in [0.05, 0.1) is 25.4 Å². The summed E-state index contributed by atoms with van der Waals surface area (Å²) >= 11 is 0. The van der Waals surface area contributed by atoms with Crippen LogP contribution in [0, 0.1) is 0 Å². The smallest absolute Gasteiger partial charge is 0.305 e. The number of esters is 1. The van der Waals surface area contributed by atoms with Crippen LogP contribution >= 0.6 is 0 Å². The van der Waals surface area contributed by atoms with Crippen LogP contribution in [-0.2, 0) is 14.3 Å². The summed E-state index contributed by atoms with van der Waals surface area (Å²) in [6, 6.07) is -0.557. The van der Waals surface area contributed by atoms with Gasteiger partial charge in [-0.1, -0.05) is 191 Å². The monoisotopic (exact) mass is 814 g/mol. The van der Waals surface area contributed by atoms with Gasteiger partial charge in [-0.05, 0) is 89.9 Å². The van der Waals surface area contributed by atoms with Crippen molar-refractivity contribution in [1.29, 1.82) is 0 Å². The van der Waals surface area contributed by atoms with Crippen molar-refractivity contribution < 1.29 is 24.5 Å². The van der Waals surface area contributed by atoms with Crippen molar-refractivity contribution in [1.82, 2.24) is 5.32 Å². The maximum absolute atomic E-state index is 12.4. The van der Waals surface area contributed by atoms with Gasteiger partial charge in [0.2, 0.25) is 5.91 Å². The summed E-state index contributed by atoms with van der Waals surface area (Å²) < 4.78 is 5.43. The Labute approximate surface area is 359 Å². The molecular formula is C52H95NO5. The third-order valence-corrected chi connectivity index (χ3v) is 11.1. The Hall–Kier alpha value is -2.18. The van der Waals surface area contributed by atoms with Crippen LogP contribution in [0.3, 0.4) is 0 Å². The van der Waals surface area contributed by atoms with E-state index in [9.17, 15) is 19.8 Å². The summed E-state index contributed by atoms with van der Waals surface area (Å²) in [5, 5.41) is 23.1. The molecule has 0 fully saturated rings. The minimum atomic E-state index is -0.678. The van der Waals surface area contributed by atoms with Gasteiger partial charge in [0.25, 0.3) is 0 Å². The van der Waals surface area contributed by atoms with Crippen molar-refractivity contribution in [2.24, 2.45) is 0 Å². The molecule has 0 aliphatic heterocycles. The number of aliphatic hydroxyl groups excluding tert-OH is 2. The fraction of sp³-hybridized carbons (Fsp3) is 0.808. The molecular weight excluding hydrogens is 719 g/mol. The van der Waals surface area contributed by atoms with E-state index >= 15 is 0 Å². The van der Waals surface area contributed by atoms with E-state index in [4.69, 9.17) is 4.74 Å². The predicted octanol–water partition coefficient (Wildman–Crippen LogP) is 14.7. The average Bonchev–Trinajstić information content (AvgIpc) is 3.22. The number of carbonyl (C=O) groups excluding carboxylic acids is 2. The van der Waals surface area contributed by atoms with E-state index in [0.717, 1.165) is 89.9 Å². The number of unbranched alkanes of at least 4 members (excludes halogenated alkanes) is 27. The molecule has 0 saturated carbocycles. The molecule has 3 N–H and O–H groups in total. The Balaban J connectivity index is 3.53. The lowest BCUT2D eigenvalue weighted by atomic mass is 10.0. The number of carbonyl (C=O) groups is 2. The molecule has 0 radical (unpaired) electrons. The number of hydrogen-bond acceptors (Lipinski definition) is 5. The van der Waals surface area contributed by atoms with Crippen LogP contribution in [0.25, 0.3) is 0 Å². The molecule has 0 aromatic carbocycles. The second-order valence-corrected chi connectivity index (χ2v) is 16.8. The molecule has 0 saturated heterocycles. The zero-order valence-corrected chi connectivity index (χ0v) is 38.3. The number of aliphatic hydroxyl groups is 2. The minimum absolute atomic E-state index is 0.0363. The SMILES string of the molecule is CCCCCC/C=C\C/C=C\CCCCCCCC(=O)OCCCCC/C=C\C=C/CCCCCCCCC(=O)NC(CO)C(O)CCCCCCCCCCCC. The van der Waals surface area contributed by atoms with Crippen molar-refractivity contribution in [3.05, 3.63) is 48.6 Å². The Morgan fingerprint density at radius 3 is 1.43 bits per heavy atom. The van der Waals surface area contributed by atoms with Crippen LogP contribution in [0.5, 0.6) is 0 Å². The highest BCUT2D eigenvalue weighted by molar-refractivity contribution is 5.76. The van der Waals surface area contributed by atoms with Crippen LogP contribution < -0.4 is 5.32 Å². The Morgan fingerprint density at radius 2 is 0.914 bits per heavy atom. The van der Waals surface area contributed by atoms with E-state index in [1.165, 1.54) is 122 Å². The highest BCUT2D eigenvalue weighted by Crippen LogP contribution is 2.15. The van der Waals surface area contributed by atoms with Crippen LogP contribution in [0.1, 0.15) is 245 Å². The first-order valence-electron chi connectivity index (χ1n) is 24.9. The molecule has 0 aromatic heterocycles.